The highest BCUT2D eigenvalue weighted by atomic mass is 19.1. The van der Waals surface area contributed by atoms with E-state index in [1.54, 1.807) is 18.2 Å². The van der Waals surface area contributed by atoms with Crippen LogP contribution in [0.4, 0.5) is 8.78 Å². The van der Waals surface area contributed by atoms with Crippen LogP contribution in [0.25, 0.3) is 0 Å². The summed E-state index contributed by atoms with van der Waals surface area (Å²) < 4.78 is 31.5. The molecule has 2 aromatic rings. The number of benzene rings is 2. The Balaban J connectivity index is 2.03. The van der Waals surface area contributed by atoms with Crippen LogP contribution in [0.15, 0.2) is 48.5 Å². The van der Waals surface area contributed by atoms with Crippen LogP contribution in [0.5, 0.6) is 0 Å². The molecule has 0 bridgehead atoms. The molecule has 2 rings (SSSR count). The normalized spacial score (nSPS) is 12.4. The Kier molecular flexibility index (Phi) is 4.02. The van der Waals surface area contributed by atoms with Gasteiger partial charge in [0.15, 0.2) is 0 Å². The molecule has 0 heterocycles. The van der Waals surface area contributed by atoms with E-state index in [2.05, 4.69) is 0 Å². The Hall–Kier alpha value is -1.78. The lowest BCUT2D eigenvalue weighted by molar-refractivity contribution is -0.154. The van der Waals surface area contributed by atoms with Gasteiger partial charge in [0.2, 0.25) is 6.29 Å². The van der Waals surface area contributed by atoms with Crippen LogP contribution in [0.3, 0.4) is 0 Å². The van der Waals surface area contributed by atoms with Crippen LogP contribution < -0.4 is 0 Å². The van der Waals surface area contributed by atoms with Gasteiger partial charge in [-0.05, 0) is 12.1 Å². The summed E-state index contributed by atoms with van der Waals surface area (Å²) in [5.41, 5.74) is 0.198. The Morgan fingerprint density at radius 3 is 2.22 bits per heavy atom. The summed E-state index contributed by atoms with van der Waals surface area (Å²) in [6.07, 6.45) is -1.66. The molecule has 0 saturated carbocycles. The second-order valence-corrected chi connectivity index (χ2v) is 3.76. The molecule has 18 heavy (non-hydrogen) atoms. The highest BCUT2D eigenvalue weighted by molar-refractivity contribution is 5.19. The number of hydrogen-bond acceptors (Lipinski definition) is 1. The van der Waals surface area contributed by atoms with Crippen molar-refractivity contribution in [3.05, 3.63) is 71.3 Å². The zero-order chi connectivity index (χ0) is 13.0. The van der Waals surface area contributed by atoms with E-state index in [-0.39, 0.29) is 17.7 Å². The van der Waals surface area contributed by atoms with Crippen molar-refractivity contribution in [3.63, 3.8) is 0 Å². The third kappa shape index (κ3) is 2.91. The van der Waals surface area contributed by atoms with Gasteiger partial charge in [-0.3, -0.25) is 0 Å². The molecule has 2 nitrogen and oxygen atoms in total. The van der Waals surface area contributed by atoms with Crippen molar-refractivity contribution in [1.82, 2.24) is 0 Å². The van der Waals surface area contributed by atoms with Crippen LogP contribution in [0.1, 0.15) is 17.4 Å². The predicted molar refractivity (Wildman–Crippen MR) is 61.0 cm³/mol. The molecule has 0 N–H and O–H groups in total. The lowest BCUT2D eigenvalue weighted by Crippen LogP contribution is -2.05. The molecule has 0 aromatic heterocycles. The summed E-state index contributed by atoms with van der Waals surface area (Å²) in [6.45, 7) is -0.185. The molecular formula is C14H11F2O2. The summed E-state index contributed by atoms with van der Waals surface area (Å²) in [7, 11) is 0. The Morgan fingerprint density at radius 1 is 0.944 bits per heavy atom. The SMILES string of the molecule is [O]C(OCc1ccccc1F)c1ccccc1F. The molecule has 0 amide bonds. The van der Waals surface area contributed by atoms with Gasteiger partial charge in [-0.2, -0.15) is 5.11 Å². The van der Waals surface area contributed by atoms with Crippen molar-refractivity contribution in [2.24, 2.45) is 0 Å². The molecule has 1 atom stereocenters. The van der Waals surface area contributed by atoms with Gasteiger partial charge in [-0.15, -0.1) is 0 Å². The largest absolute Gasteiger partial charge is 0.341 e. The minimum absolute atomic E-state index is 0.0751. The average molecular weight is 249 g/mol. The summed E-state index contributed by atoms with van der Waals surface area (Å²) in [5, 5.41) is 11.6. The molecular weight excluding hydrogens is 238 g/mol. The maximum atomic E-state index is 13.3. The van der Waals surface area contributed by atoms with E-state index in [0.717, 1.165) is 0 Å². The van der Waals surface area contributed by atoms with Crippen LogP contribution in [-0.2, 0) is 16.5 Å². The maximum Gasteiger partial charge on any atom is 0.220 e. The van der Waals surface area contributed by atoms with Crippen molar-refractivity contribution in [3.8, 4) is 0 Å². The van der Waals surface area contributed by atoms with E-state index in [1.807, 2.05) is 0 Å². The molecule has 0 aliphatic rings. The first-order valence-electron chi connectivity index (χ1n) is 5.43. The first kappa shape index (κ1) is 12.7. The predicted octanol–water partition coefficient (Wildman–Crippen LogP) is 3.61. The Bertz CT molecular complexity index is 529. The van der Waals surface area contributed by atoms with Crippen LogP contribution in [0.2, 0.25) is 0 Å². The quantitative estimate of drug-likeness (QED) is 0.761. The van der Waals surface area contributed by atoms with Gasteiger partial charge in [0.1, 0.15) is 11.6 Å². The monoisotopic (exact) mass is 249 g/mol. The first-order valence-corrected chi connectivity index (χ1v) is 5.43. The third-order valence-electron chi connectivity index (χ3n) is 2.51. The standard InChI is InChI=1S/C14H11F2O2/c15-12-7-3-1-5-10(12)9-18-14(17)11-6-2-4-8-13(11)16/h1-8,14H,9H2. The van der Waals surface area contributed by atoms with Crippen molar-refractivity contribution >= 4 is 0 Å². The average Bonchev–Trinajstić information content (AvgIpc) is 2.38. The fourth-order valence-corrected chi connectivity index (χ4v) is 1.54. The fourth-order valence-electron chi connectivity index (χ4n) is 1.54. The van der Waals surface area contributed by atoms with Crippen LogP contribution >= 0.6 is 0 Å². The van der Waals surface area contributed by atoms with E-state index in [0.29, 0.717) is 0 Å². The van der Waals surface area contributed by atoms with E-state index >= 15 is 0 Å². The lowest BCUT2D eigenvalue weighted by atomic mass is 10.2. The van der Waals surface area contributed by atoms with Gasteiger partial charge in [-0.1, -0.05) is 36.4 Å². The molecule has 0 saturated heterocycles. The minimum Gasteiger partial charge on any atom is -0.341 e. The lowest BCUT2D eigenvalue weighted by Gasteiger charge is -2.11. The maximum absolute atomic E-state index is 13.3. The molecule has 0 spiro atoms. The van der Waals surface area contributed by atoms with Crippen LogP contribution in [0, 0.1) is 11.6 Å². The number of hydrogen-bond donors (Lipinski definition) is 0. The zero-order valence-corrected chi connectivity index (χ0v) is 9.48. The summed E-state index contributed by atoms with van der Waals surface area (Å²) in [5.74, 6) is -1.07. The van der Waals surface area contributed by atoms with Crippen LogP contribution in [-0.4, -0.2) is 0 Å². The van der Waals surface area contributed by atoms with E-state index in [4.69, 9.17) is 4.74 Å². The molecule has 0 aliphatic heterocycles. The second kappa shape index (κ2) is 5.71. The zero-order valence-electron chi connectivity index (χ0n) is 9.48. The number of halogens is 2. The van der Waals surface area contributed by atoms with Gasteiger partial charge >= 0.3 is 0 Å². The van der Waals surface area contributed by atoms with Crippen molar-refractivity contribution in [2.45, 2.75) is 12.9 Å². The third-order valence-corrected chi connectivity index (χ3v) is 2.51. The minimum atomic E-state index is -1.66. The van der Waals surface area contributed by atoms with E-state index < -0.39 is 17.9 Å². The second-order valence-electron chi connectivity index (χ2n) is 3.76. The summed E-state index contributed by atoms with van der Waals surface area (Å²) in [4.78, 5) is 0. The van der Waals surface area contributed by atoms with Crippen molar-refractivity contribution in [2.75, 3.05) is 0 Å². The molecule has 1 unspecified atom stereocenters. The summed E-state index contributed by atoms with van der Waals surface area (Å²) in [6, 6.07) is 11.6. The van der Waals surface area contributed by atoms with Crippen molar-refractivity contribution in [1.29, 1.82) is 0 Å². The summed E-state index contributed by atoms with van der Waals surface area (Å²) >= 11 is 0. The molecule has 0 aliphatic carbocycles. The molecule has 93 valence electrons. The van der Waals surface area contributed by atoms with Crippen molar-refractivity contribution < 1.29 is 18.6 Å². The highest BCUT2D eigenvalue weighted by Crippen LogP contribution is 2.20. The fraction of sp³-hybridized carbons (Fsp3) is 0.143. The van der Waals surface area contributed by atoms with E-state index in [1.165, 1.54) is 30.3 Å². The molecule has 2 aromatic carbocycles. The number of rotatable bonds is 4. The molecule has 1 radical (unpaired) electrons. The van der Waals surface area contributed by atoms with E-state index in [9.17, 15) is 13.9 Å². The Labute approximate surface area is 103 Å². The highest BCUT2D eigenvalue weighted by Gasteiger charge is 2.15. The number of ether oxygens (including phenoxy) is 1. The van der Waals surface area contributed by atoms with Gasteiger partial charge in [0, 0.05) is 11.1 Å². The van der Waals surface area contributed by atoms with Gasteiger partial charge < -0.3 is 4.74 Å². The Morgan fingerprint density at radius 2 is 1.56 bits per heavy atom. The van der Waals surface area contributed by atoms with Gasteiger partial charge in [0.25, 0.3) is 0 Å². The first-order chi connectivity index (χ1) is 8.68. The smallest absolute Gasteiger partial charge is 0.220 e. The molecule has 0 fully saturated rings. The topological polar surface area (TPSA) is 29.1 Å². The van der Waals surface area contributed by atoms with Gasteiger partial charge in [0.05, 0.1) is 6.61 Å². The molecule has 4 heteroatoms. The van der Waals surface area contributed by atoms with Gasteiger partial charge in [-0.25, -0.2) is 8.78 Å².